The first kappa shape index (κ1) is 18.2. The Morgan fingerprint density at radius 1 is 1.26 bits per heavy atom. The molecule has 1 aliphatic rings. The molecular weight excluding hydrogens is 288 g/mol. The number of aryl methyl sites for hydroxylation is 1. The number of aliphatic hydroxyl groups is 1. The molecule has 1 atom stereocenters. The molecule has 1 fully saturated rings. The van der Waals surface area contributed by atoms with Gasteiger partial charge < -0.3 is 19.6 Å². The zero-order chi connectivity index (χ0) is 16.7. The molecule has 1 aromatic carbocycles. The van der Waals surface area contributed by atoms with E-state index in [2.05, 4.69) is 23.9 Å². The molecule has 1 saturated heterocycles. The fraction of sp³-hybridized carbons (Fsp3) is 0.684. The van der Waals surface area contributed by atoms with Crippen molar-refractivity contribution < 1.29 is 9.84 Å². The normalized spacial score (nSPS) is 18.3. The third-order valence-corrected chi connectivity index (χ3v) is 4.69. The van der Waals surface area contributed by atoms with Crippen LogP contribution >= 0.6 is 0 Å². The highest BCUT2D eigenvalue weighted by Gasteiger charge is 2.21. The van der Waals surface area contributed by atoms with Gasteiger partial charge in [-0.1, -0.05) is 18.2 Å². The van der Waals surface area contributed by atoms with Crippen LogP contribution in [0.4, 0.5) is 0 Å². The molecule has 0 bridgehead atoms. The van der Waals surface area contributed by atoms with E-state index in [0.717, 1.165) is 30.3 Å². The predicted octanol–water partition coefficient (Wildman–Crippen LogP) is 2.40. The Morgan fingerprint density at radius 2 is 1.96 bits per heavy atom. The second-order valence-corrected chi connectivity index (χ2v) is 7.07. The van der Waals surface area contributed by atoms with Crippen LogP contribution in [-0.2, 0) is 0 Å². The van der Waals surface area contributed by atoms with E-state index in [1.165, 1.54) is 25.8 Å². The van der Waals surface area contributed by atoms with Crippen molar-refractivity contribution in [3.8, 4) is 5.75 Å². The maximum Gasteiger partial charge on any atom is 0.122 e. The molecule has 0 saturated carbocycles. The summed E-state index contributed by atoms with van der Waals surface area (Å²) in [6, 6.07) is 7.95. The molecule has 4 nitrogen and oxygen atoms in total. The van der Waals surface area contributed by atoms with E-state index in [1.807, 2.05) is 31.2 Å². The average Bonchev–Trinajstić information content (AvgIpc) is 2.53. The summed E-state index contributed by atoms with van der Waals surface area (Å²) in [6.07, 6.45) is 3.37. The molecule has 0 amide bonds. The van der Waals surface area contributed by atoms with Crippen LogP contribution in [0.15, 0.2) is 24.3 Å². The lowest BCUT2D eigenvalue weighted by atomic mass is 9.93. The lowest BCUT2D eigenvalue weighted by Gasteiger charge is -2.33. The molecule has 1 unspecified atom stereocenters. The molecule has 0 radical (unpaired) electrons. The van der Waals surface area contributed by atoms with Gasteiger partial charge in [-0.2, -0.15) is 0 Å². The van der Waals surface area contributed by atoms with Crippen molar-refractivity contribution >= 4 is 0 Å². The average molecular weight is 320 g/mol. The maximum atomic E-state index is 10.2. The molecule has 1 aliphatic heterocycles. The summed E-state index contributed by atoms with van der Waals surface area (Å²) < 4.78 is 5.74. The van der Waals surface area contributed by atoms with E-state index >= 15 is 0 Å². The Balaban J connectivity index is 1.65. The summed E-state index contributed by atoms with van der Waals surface area (Å²) in [7, 11) is 4.28. The molecule has 0 spiro atoms. The van der Waals surface area contributed by atoms with Gasteiger partial charge in [0.2, 0.25) is 0 Å². The molecular formula is C19H32N2O2. The summed E-state index contributed by atoms with van der Waals surface area (Å²) in [5, 5.41) is 10.2. The van der Waals surface area contributed by atoms with Gasteiger partial charge in [0, 0.05) is 6.54 Å². The number of likely N-dealkylation sites (tertiary alicyclic amines) is 1. The molecule has 23 heavy (non-hydrogen) atoms. The maximum absolute atomic E-state index is 10.2. The highest BCUT2D eigenvalue weighted by molar-refractivity contribution is 5.31. The number of aliphatic hydroxyl groups excluding tert-OH is 1. The standard InChI is InChI=1S/C19H32N2O2/c1-16-6-4-5-7-19(16)23-15-18(22)14-21-12-9-17(10-13-21)8-11-20(2)3/h4-7,17-18,22H,8-15H2,1-3H3. The fourth-order valence-corrected chi connectivity index (χ4v) is 3.15. The first-order valence-corrected chi connectivity index (χ1v) is 8.78. The van der Waals surface area contributed by atoms with Gasteiger partial charge >= 0.3 is 0 Å². The van der Waals surface area contributed by atoms with Crippen molar-refractivity contribution in [1.82, 2.24) is 9.80 Å². The van der Waals surface area contributed by atoms with Crippen LogP contribution in [0, 0.1) is 12.8 Å². The van der Waals surface area contributed by atoms with E-state index in [0.29, 0.717) is 13.2 Å². The van der Waals surface area contributed by atoms with Crippen molar-refractivity contribution in [1.29, 1.82) is 0 Å². The molecule has 1 N–H and O–H groups in total. The van der Waals surface area contributed by atoms with Gasteiger partial charge in [-0.05, 0) is 77.5 Å². The molecule has 4 heteroatoms. The van der Waals surface area contributed by atoms with Crippen molar-refractivity contribution in [2.24, 2.45) is 5.92 Å². The highest BCUT2D eigenvalue weighted by atomic mass is 16.5. The van der Waals surface area contributed by atoms with E-state index in [9.17, 15) is 5.11 Å². The Morgan fingerprint density at radius 3 is 2.61 bits per heavy atom. The van der Waals surface area contributed by atoms with Crippen molar-refractivity contribution in [3.63, 3.8) is 0 Å². The molecule has 1 heterocycles. The summed E-state index contributed by atoms with van der Waals surface area (Å²) in [6.45, 7) is 6.48. The first-order valence-electron chi connectivity index (χ1n) is 8.78. The minimum atomic E-state index is -0.423. The Bertz CT molecular complexity index is 456. The Labute approximate surface area is 141 Å². The molecule has 0 aliphatic carbocycles. The summed E-state index contributed by atoms with van der Waals surface area (Å²) in [5.41, 5.74) is 1.11. The topological polar surface area (TPSA) is 35.9 Å². The molecule has 0 aromatic heterocycles. The highest BCUT2D eigenvalue weighted by Crippen LogP contribution is 2.21. The number of rotatable bonds is 8. The minimum Gasteiger partial charge on any atom is -0.491 e. The lowest BCUT2D eigenvalue weighted by Crippen LogP contribution is -2.41. The summed E-state index contributed by atoms with van der Waals surface area (Å²) >= 11 is 0. The SMILES string of the molecule is Cc1ccccc1OCC(O)CN1CCC(CCN(C)C)CC1. The number of ether oxygens (including phenoxy) is 1. The van der Waals surface area contributed by atoms with E-state index in [4.69, 9.17) is 4.74 Å². The van der Waals surface area contributed by atoms with Gasteiger partial charge in [-0.25, -0.2) is 0 Å². The Hall–Kier alpha value is -1.10. The van der Waals surface area contributed by atoms with E-state index in [1.54, 1.807) is 0 Å². The summed E-state index contributed by atoms with van der Waals surface area (Å²) in [5.74, 6) is 1.71. The van der Waals surface area contributed by atoms with E-state index < -0.39 is 6.10 Å². The number of hydrogen-bond acceptors (Lipinski definition) is 4. The number of nitrogens with zero attached hydrogens (tertiary/aromatic N) is 2. The number of piperidine rings is 1. The lowest BCUT2D eigenvalue weighted by molar-refractivity contribution is 0.0536. The van der Waals surface area contributed by atoms with Gasteiger partial charge in [0.1, 0.15) is 18.5 Å². The van der Waals surface area contributed by atoms with Crippen molar-refractivity contribution in [2.75, 3.05) is 46.9 Å². The number of hydrogen-bond donors (Lipinski definition) is 1. The van der Waals surface area contributed by atoms with Crippen LogP contribution < -0.4 is 4.74 Å². The predicted molar refractivity (Wildman–Crippen MR) is 95.0 cm³/mol. The molecule has 1 aromatic rings. The smallest absolute Gasteiger partial charge is 0.122 e. The quantitative estimate of drug-likeness (QED) is 0.798. The molecule has 130 valence electrons. The number of benzene rings is 1. The van der Waals surface area contributed by atoms with Gasteiger partial charge in [0.15, 0.2) is 0 Å². The van der Waals surface area contributed by atoms with Gasteiger partial charge in [0.25, 0.3) is 0 Å². The van der Waals surface area contributed by atoms with Crippen LogP contribution in [0.5, 0.6) is 5.75 Å². The zero-order valence-corrected chi connectivity index (χ0v) is 14.9. The fourth-order valence-electron chi connectivity index (χ4n) is 3.15. The van der Waals surface area contributed by atoms with Crippen LogP contribution in [-0.4, -0.2) is 67.9 Å². The van der Waals surface area contributed by atoms with Gasteiger partial charge in [0.05, 0.1) is 0 Å². The molecule has 2 rings (SSSR count). The van der Waals surface area contributed by atoms with Crippen LogP contribution in [0.2, 0.25) is 0 Å². The first-order chi connectivity index (χ1) is 11.0. The van der Waals surface area contributed by atoms with Crippen LogP contribution in [0.1, 0.15) is 24.8 Å². The van der Waals surface area contributed by atoms with Gasteiger partial charge in [-0.15, -0.1) is 0 Å². The second kappa shape index (κ2) is 9.26. The number of para-hydroxylation sites is 1. The van der Waals surface area contributed by atoms with Crippen LogP contribution in [0.3, 0.4) is 0 Å². The summed E-state index contributed by atoms with van der Waals surface area (Å²) in [4.78, 5) is 4.64. The monoisotopic (exact) mass is 320 g/mol. The van der Waals surface area contributed by atoms with Crippen LogP contribution in [0.25, 0.3) is 0 Å². The van der Waals surface area contributed by atoms with Crippen molar-refractivity contribution in [3.05, 3.63) is 29.8 Å². The third kappa shape index (κ3) is 6.50. The minimum absolute atomic E-state index is 0.366. The van der Waals surface area contributed by atoms with Crippen molar-refractivity contribution in [2.45, 2.75) is 32.3 Å². The second-order valence-electron chi connectivity index (χ2n) is 7.07. The largest absolute Gasteiger partial charge is 0.491 e. The zero-order valence-electron chi connectivity index (χ0n) is 14.9. The Kier molecular flexibility index (Phi) is 7.34. The van der Waals surface area contributed by atoms with Gasteiger partial charge in [-0.3, -0.25) is 0 Å². The number of β-amino-alcohol motifs (C(OH)–C–C–N with tert-alkyl or cyclic N) is 1. The van der Waals surface area contributed by atoms with E-state index in [-0.39, 0.29) is 0 Å². The third-order valence-electron chi connectivity index (χ3n) is 4.69.